The fourth-order valence-electron chi connectivity index (χ4n) is 6.94. The van der Waals surface area contributed by atoms with Crippen molar-refractivity contribution in [3.63, 3.8) is 0 Å². The van der Waals surface area contributed by atoms with E-state index in [0.717, 1.165) is 31.1 Å². The van der Waals surface area contributed by atoms with Gasteiger partial charge in [0.1, 0.15) is 0 Å². The Hall–Kier alpha value is -1.00. The molecular formula is C22H30O. The molecule has 0 spiro atoms. The van der Waals surface area contributed by atoms with Crippen molar-refractivity contribution in [2.45, 2.75) is 70.8 Å². The van der Waals surface area contributed by atoms with Gasteiger partial charge in [-0.05, 0) is 74.5 Å². The molecule has 0 aromatic heterocycles. The van der Waals surface area contributed by atoms with Gasteiger partial charge in [-0.3, -0.25) is 0 Å². The molecule has 4 aliphatic rings. The monoisotopic (exact) mass is 310 g/mol. The summed E-state index contributed by atoms with van der Waals surface area (Å²) in [5, 5.41) is 10.6. The van der Waals surface area contributed by atoms with Gasteiger partial charge in [-0.1, -0.05) is 30.7 Å². The van der Waals surface area contributed by atoms with Gasteiger partial charge in [-0.2, -0.15) is 0 Å². The predicted molar refractivity (Wildman–Crippen MR) is 94.6 cm³/mol. The standard InChI is InChI=1S/C22H30O/c1-4-11-22-13-9-15(2)14-16(22)5-6-17-18-7-8-20(23)21(18,3)12-10-19(17)22/h1,14,17-20,23H,2,5-13H2,3H3/t17-,18-,19-,20-,21-,22-/m0/s1. The highest BCUT2D eigenvalue weighted by atomic mass is 16.3. The van der Waals surface area contributed by atoms with Gasteiger partial charge >= 0.3 is 0 Å². The van der Waals surface area contributed by atoms with Crippen molar-refractivity contribution < 1.29 is 5.11 Å². The smallest absolute Gasteiger partial charge is 0.0596 e. The Morgan fingerprint density at radius 1 is 1.22 bits per heavy atom. The van der Waals surface area contributed by atoms with Gasteiger partial charge in [0.15, 0.2) is 0 Å². The van der Waals surface area contributed by atoms with Crippen LogP contribution in [0, 0.1) is 40.9 Å². The normalized spacial score (nSPS) is 48.7. The summed E-state index contributed by atoms with van der Waals surface area (Å²) in [6.45, 7) is 6.57. The minimum atomic E-state index is -0.0832. The van der Waals surface area contributed by atoms with Crippen LogP contribution in [-0.2, 0) is 0 Å². The van der Waals surface area contributed by atoms with E-state index in [9.17, 15) is 5.11 Å². The van der Waals surface area contributed by atoms with Gasteiger partial charge in [0.2, 0.25) is 0 Å². The first-order valence-electron chi connectivity index (χ1n) is 9.51. The zero-order valence-corrected chi connectivity index (χ0v) is 14.5. The average Bonchev–Trinajstić information content (AvgIpc) is 2.84. The maximum absolute atomic E-state index is 10.6. The fraction of sp³-hybridized carbons (Fsp3) is 0.727. The molecule has 0 aromatic rings. The summed E-state index contributed by atoms with van der Waals surface area (Å²) in [7, 11) is 0. The summed E-state index contributed by atoms with van der Waals surface area (Å²) in [4.78, 5) is 0. The highest BCUT2D eigenvalue weighted by molar-refractivity contribution is 5.35. The van der Waals surface area contributed by atoms with E-state index in [2.05, 4.69) is 25.5 Å². The second-order valence-electron chi connectivity index (χ2n) is 8.92. The van der Waals surface area contributed by atoms with Crippen LogP contribution < -0.4 is 0 Å². The first-order valence-corrected chi connectivity index (χ1v) is 9.51. The largest absolute Gasteiger partial charge is 0.393 e. The van der Waals surface area contributed by atoms with E-state index in [-0.39, 0.29) is 16.9 Å². The van der Waals surface area contributed by atoms with E-state index >= 15 is 0 Å². The van der Waals surface area contributed by atoms with Gasteiger partial charge < -0.3 is 5.11 Å². The highest BCUT2D eigenvalue weighted by Crippen LogP contribution is 2.66. The van der Waals surface area contributed by atoms with E-state index in [1.165, 1.54) is 44.1 Å². The Labute approximate surface area is 141 Å². The first-order chi connectivity index (χ1) is 11.0. The molecular weight excluding hydrogens is 280 g/mol. The zero-order chi connectivity index (χ0) is 16.2. The molecule has 0 aromatic carbocycles. The number of aliphatic hydroxyl groups excluding tert-OH is 1. The van der Waals surface area contributed by atoms with Crippen LogP contribution in [0.3, 0.4) is 0 Å². The SMILES string of the molecule is C#CC[C@]12CCC(=C)C=C1CC[C@@H]1[C@@H]2CC[C@]2(C)[C@@H](O)CC[C@@H]12. The van der Waals surface area contributed by atoms with Crippen molar-refractivity contribution in [1.29, 1.82) is 0 Å². The van der Waals surface area contributed by atoms with E-state index in [0.29, 0.717) is 5.92 Å². The van der Waals surface area contributed by atoms with Gasteiger partial charge in [0, 0.05) is 11.8 Å². The fourth-order valence-corrected chi connectivity index (χ4v) is 6.94. The summed E-state index contributed by atoms with van der Waals surface area (Å²) in [5.74, 6) is 5.24. The number of rotatable bonds is 1. The Bertz CT molecular complexity index is 594. The number of hydrogen-bond donors (Lipinski definition) is 1. The van der Waals surface area contributed by atoms with Gasteiger partial charge in [0.05, 0.1) is 6.10 Å². The van der Waals surface area contributed by atoms with Crippen LogP contribution in [0.15, 0.2) is 23.8 Å². The third-order valence-corrected chi connectivity index (χ3v) is 8.17. The predicted octanol–water partition coefficient (Wildman–Crippen LogP) is 4.87. The third-order valence-electron chi connectivity index (χ3n) is 8.17. The van der Waals surface area contributed by atoms with Crippen molar-refractivity contribution >= 4 is 0 Å². The highest BCUT2D eigenvalue weighted by Gasteiger charge is 2.59. The molecule has 3 fully saturated rings. The first kappa shape index (κ1) is 15.5. The topological polar surface area (TPSA) is 20.2 Å². The second kappa shape index (κ2) is 5.25. The quantitative estimate of drug-likeness (QED) is 0.685. The minimum Gasteiger partial charge on any atom is -0.393 e. The molecule has 0 bridgehead atoms. The summed E-state index contributed by atoms with van der Waals surface area (Å²) in [6.07, 6.45) is 18.5. The Morgan fingerprint density at radius 3 is 2.83 bits per heavy atom. The van der Waals surface area contributed by atoms with Crippen molar-refractivity contribution in [2.24, 2.45) is 28.6 Å². The molecule has 124 valence electrons. The molecule has 1 heteroatoms. The second-order valence-corrected chi connectivity index (χ2v) is 8.92. The molecule has 0 radical (unpaired) electrons. The summed E-state index contributed by atoms with van der Waals surface area (Å²) in [5.41, 5.74) is 3.31. The maximum Gasteiger partial charge on any atom is 0.0596 e. The van der Waals surface area contributed by atoms with Crippen molar-refractivity contribution in [3.8, 4) is 12.3 Å². The number of fused-ring (bicyclic) bond motifs is 5. The minimum absolute atomic E-state index is 0.0832. The van der Waals surface area contributed by atoms with Crippen LogP contribution >= 0.6 is 0 Å². The van der Waals surface area contributed by atoms with E-state index in [1.54, 1.807) is 5.57 Å². The molecule has 0 unspecified atom stereocenters. The van der Waals surface area contributed by atoms with Crippen LogP contribution in [0.2, 0.25) is 0 Å². The van der Waals surface area contributed by atoms with E-state index < -0.39 is 0 Å². The molecule has 0 amide bonds. The summed E-state index contributed by atoms with van der Waals surface area (Å²) < 4.78 is 0. The lowest BCUT2D eigenvalue weighted by molar-refractivity contribution is -0.0760. The van der Waals surface area contributed by atoms with Crippen LogP contribution in [-0.4, -0.2) is 11.2 Å². The number of terminal acetylenes is 1. The lowest BCUT2D eigenvalue weighted by Crippen LogP contribution is -2.51. The molecule has 6 atom stereocenters. The molecule has 23 heavy (non-hydrogen) atoms. The molecule has 4 rings (SSSR count). The van der Waals surface area contributed by atoms with Crippen LogP contribution in [0.4, 0.5) is 0 Å². The van der Waals surface area contributed by atoms with Crippen LogP contribution in [0.5, 0.6) is 0 Å². The van der Waals surface area contributed by atoms with Crippen LogP contribution in [0.25, 0.3) is 0 Å². The van der Waals surface area contributed by atoms with Crippen molar-refractivity contribution in [1.82, 2.24) is 0 Å². The number of hydrogen-bond acceptors (Lipinski definition) is 1. The number of aliphatic hydroxyl groups is 1. The van der Waals surface area contributed by atoms with E-state index in [4.69, 9.17) is 6.42 Å². The van der Waals surface area contributed by atoms with Gasteiger partial charge in [0.25, 0.3) is 0 Å². The molecule has 0 aliphatic heterocycles. The van der Waals surface area contributed by atoms with Gasteiger partial charge in [-0.15, -0.1) is 12.3 Å². The molecule has 1 nitrogen and oxygen atoms in total. The lowest BCUT2D eigenvalue weighted by atomic mass is 9.46. The molecule has 0 saturated heterocycles. The lowest BCUT2D eigenvalue weighted by Gasteiger charge is -2.58. The molecule has 1 N–H and O–H groups in total. The number of allylic oxidation sites excluding steroid dienone is 3. The average molecular weight is 310 g/mol. The molecule has 0 heterocycles. The summed E-state index contributed by atoms with van der Waals surface area (Å²) in [6, 6.07) is 0. The van der Waals surface area contributed by atoms with Crippen molar-refractivity contribution in [3.05, 3.63) is 23.8 Å². The molecule has 4 aliphatic carbocycles. The zero-order valence-electron chi connectivity index (χ0n) is 14.5. The Balaban J connectivity index is 1.73. The Morgan fingerprint density at radius 2 is 2.04 bits per heavy atom. The molecule has 3 saturated carbocycles. The van der Waals surface area contributed by atoms with Crippen LogP contribution in [0.1, 0.15) is 64.7 Å². The summed E-state index contributed by atoms with van der Waals surface area (Å²) >= 11 is 0. The maximum atomic E-state index is 10.6. The van der Waals surface area contributed by atoms with Gasteiger partial charge in [-0.25, -0.2) is 0 Å². The Kier molecular flexibility index (Phi) is 3.54. The third kappa shape index (κ3) is 2.04. The van der Waals surface area contributed by atoms with Crippen molar-refractivity contribution in [2.75, 3.05) is 0 Å². The van der Waals surface area contributed by atoms with E-state index in [1.807, 2.05) is 0 Å².